The Hall–Kier alpha value is 0.359. The van der Waals surface area contributed by atoms with E-state index in [2.05, 4.69) is 41.5 Å². The van der Waals surface area contributed by atoms with Gasteiger partial charge in [-0.3, -0.25) is 0 Å². The Morgan fingerprint density at radius 1 is 0.489 bits per heavy atom. The maximum atomic E-state index is 10.1. The van der Waals surface area contributed by atoms with Crippen LogP contribution in [0.15, 0.2) is 0 Å². The number of carbonyl (C=O) groups is 2. The Kier molecular flexibility index (Phi) is 62.3. The van der Waals surface area contributed by atoms with Gasteiger partial charge in [0.2, 0.25) is 0 Å². The molecular weight excluding hydrogens is 711 g/mol. The molecule has 4 radical (unpaired) electrons. The number of carboxylic acids is 2. The van der Waals surface area contributed by atoms with E-state index < -0.39 is 22.8 Å². The van der Waals surface area contributed by atoms with Gasteiger partial charge in [-0.25, -0.2) is 0 Å². The van der Waals surface area contributed by atoms with Crippen LogP contribution in [0.5, 0.6) is 0 Å². The molecule has 2 unspecified atom stereocenters. The predicted molar refractivity (Wildman–Crippen MR) is 197 cm³/mol. The molecule has 0 heterocycles. The molecule has 0 rings (SSSR count). The number of rotatable bonds is 28. The molecule has 0 spiro atoms. The molecule has 6 nitrogen and oxygen atoms in total. The number of hydrogen-bond donors (Lipinski definition) is 2. The van der Waals surface area contributed by atoms with Crippen molar-refractivity contribution < 1.29 is 30.0 Å². The van der Waals surface area contributed by atoms with Crippen molar-refractivity contribution in [2.45, 2.75) is 193 Å². The van der Waals surface area contributed by atoms with Crippen molar-refractivity contribution in [3.63, 3.8) is 0 Å². The largest absolute Gasteiger partial charge is 2.00 e. The summed E-state index contributed by atoms with van der Waals surface area (Å²) in [5, 5.41) is 38.0. The second-order valence-electron chi connectivity index (χ2n) is 11.2. The van der Waals surface area contributed by atoms with E-state index in [4.69, 9.17) is 10.2 Å². The standard InChI is InChI=1S/2C10H20O3S.2C8H17.Sn/c2*1-2-3-4-5-6-7-8-14-10(13)9(11)12;2*1-3-5-7-8-6-4-2;/h2*10,13H,2-8H2,1H3,(H,11,12);2*1,3-8H2,2H3;/q;;;;+2/p-2. The number of aliphatic hydroxyl groups excluding tert-OH is 2. The topological polar surface area (TPSA) is 121 Å². The van der Waals surface area contributed by atoms with Gasteiger partial charge in [0.25, 0.3) is 0 Å². The number of thioether (sulfide) groups is 2. The molecule has 0 aliphatic rings. The Balaban J connectivity index is -0.000000162. The van der Waals surface area contributed by atoms with Gasteiger partial charge in [-0.05, 0) is 24.3 Å². The van der Waals surface area contributed by atoms with Crippen LogP contribution in [0.25, 0.3) is 0 Å². The average molecular weight is 784 g/mol. The van der Waals surface area contributed by atoms with Crippen molar-refractivity contribution in [1.82, 2.24) is 0 Å². The summed E-state index contributed by atoms with van der Waals surface area (Å²) in [6, 6.07) is 0. The summed E-state index contributed by atoms with van der Waals surface area (Å²) in [6.07, 6.45) is 30.1. The minimum Gasteiger partial charge on any atom is -0.546 e. The van der Waals surface area contributed by atoms with Crippen molar-refractivity contribution in [2.24, 2.45) is 0 Å². The average Bonchev–Trinajstić information content (AvgIpc) is 3.01. The Morgan fingerprint density at radius 3 is 0.933 bits per heavy atom. The van der Waals surface area contributed by atoms with Gasteiger partial charge in [0.05, 0.1) is 11.9 Å². The van der Waals surface area contributed by atoms with E-state index >= 15 is 0 Å². The number of carboxylic acid groups (broad SMARTS) is 2. The fourth-order valence-corrected chi connectivity index (χ4v) is 5.31. The van der Waals surface area contributed by atoms with Crippen LogP contribution < -0.4 is 10.2 Å². The van der Waals surface area contributed by atoms with Gasteiger partial charge in [0.1, 0.15) is 10.9 Å². The van der Waals surface area contributed by atoms with Crippen molar-refractivity contribution in [3.05, 3.63) is 13.8 Å². The second-order valence-corrected chi connectivity index (χ2v) is 13.5. The van der Waals surface area contributed by atoms with Crippen molar-refractivity contribution >= 4 is 59.4 Å². The van der Waals surface area contributed by atoms with Gasteiger partial charge in [-0.1, -0.05) is 183 Å². The zero-order valence-electron chi connectivity index (χ0n) is 29.8. The molecule has 0 bridgehead atoms. The summed E-state index contributed by atoms with van der Waals surface area (Å²) >= 11 is 2.08. The van der Waals surface area contributed by atoms with Gasteiger partial charge in [-0.2, -0.15) is 0 Å². The van der Waals surface area contributed by atoms with E-state index in [1.165, 1.54) is 116 Å². The van der Waals surface area contributed by atoms with E-state index in [0.29, 0.717) is 11.5 Å². The number of unbranched alkanes of at least 4 members (excludes halogenated alkanes) is 20. The van der Waals surface area contributed by atoms with Crippen LogP contribution in [0, 0.1) is 13.8 Å². The molecule has 0 saturated heterocycles. The Bertz CT molecular complexity index is 486. The smallest absolute Gasteiger partial charge is 0.546 e. The van der Waals surface area contributed by atoms with Gasteiger partial charge in [0, 0.05) is 0 Å². The first kappa shape index (κ1) is 54.8. The second kappa shape index (κ2) is 51.2. The molecule has 0 aliphatic heterocycles. The molecule has 2 N–H and O–H groups in total. The third-order valence-corrected chi connectivity index (χ3v) is 8.72. The Labute approximate surface area is 305 Å². The first-order valence-corrected chi connectivity index (χ1v) is 19.9. The number of aliphatic carboxylic acids is 2. The van der Waals surface area contributed by atoms with Crippen LogP contribution in [0.2, 0.25) is 0 Å². The summed E-state index contributed by atoms with van der Waals surface area (Å²) < 4.78 is 0. The molecule has 0 fully saturated rings. The first-order valence-electron chi connectivity index (χ1n) is 17.8. The quantitative estimate of drug-likeness (QED) is 0.0463. The molecule has 0 aromatic heterocycles. The van der Waals surface area contributed by atoms with Gasteiger partial charge < -0.3 is 30.0 Å². The molecular formula is C36H72O6S2Sn. The van der Waals surface area contributed by atoms with Crippen LogP contribution in [-0.2, 0) is 9.59 Å². The van der Waals surface area contributed by atoms with E-state index in [-0.39, 0.29) is 23.9 Å². The SMILES string of the molecule is CCCCCCCCSC(O)C(=O)[O-].CCCCCCCCSC(O)C(=O)[O-].[CH2]CCCCCCC.[CH2]CCCCCCC.[Sn+2]. The van der Waals surface area contributed by atoms with E-state index in [1.54, 1.807) is 0 Å². The van der Waals surface area contributed by atoms with Crippen molar-refractivity contribution in [1.29, 1.82) is 0 Å². The van der Waals surface area contributed by atoms with E-state index in [0.717, 1.165) is 62.0 Å². The summed E-state index contributed by atoms with van der Waals surface area (Å²) in [6.45, 7) is 16.4. The normalized spacial score (nSPS) is 11.4. The summed E-state index contributed by atoms with van der Waals surface area (Å²) in [4.78, 5) is 20.2. The van der Waals surface area contributed by atoms with Crippen LogP contribution in [-0.4, -0.2) is 68.4 Å². The molecule has 9 heteroatoms. The third-order valence-electron chi connectivity index (χ3n) is 6.66. The summed E-state index contributed by atoms with van der Waals surface area (Å²) in [5.41, 5.74) is -2.71. The molecule has 0 aromatic carbocycles. The van der Waals surface area contributed by atoms with Crippen LogP contribution in [0.1, 0.15) is 182 Å². The monoisotopic (exact) mass is 784 g/mol. The molecule has 0 amide bonds. The minimum atomic E-state index is -1.39. The van der Waals surface area contributed by atoms with Crippen molar-refractivity contribution in [3.8, 4) is 0 Å². The predicted octanol–water partition coefficient (Wildman–Crippen LogP) is 8.28. The molecule has 45 heavy (non-hydrogen) atoms. The summed E-state index contributed by atoms with van der Waals surface area (Å²) in [5.74, 6) is -1.38. The molecule has 2 atom stereocenters. The molecule has 268 valence electrons. The zero-order chi connectivity index (χ0) is 34.1. The maximum absolute atomic E-state index is 10.1. The molecule has 0 saturated carbocycles. The van der Waals surface area contributed by atoms with E-state index in [9.17, 15) is 19.8 Å². The third kappa shape index (κ3) is 60.2. The molecule has 0 aromatic rings. The van der Waals surface area contributed by atoms with Crippen LogP contribution >= 0.6 is 23.5 Å². The van der Waals surface area contributed by atoms with Gasteiger partial charge >= 0.3 is 23.9 Å². The number of aliphatic hydroxyl groups is 2. The van der Waals surface area contributed by atoms with Crippen LogP contribution in [0.3, 0.4) is 0 Å². The fraction of sp³-hybridized carbons (Fsp3) is 0.889. The fourth-order valence-electron chi connectivity index (χ4n) is 3.85. The first-order chi connectivity index (χ1) is 21.2. The zero-order valence-corrected chi connectivity index (χ0v) is 34.3. The van der Waals surface area contributed by atoms with Crippen molar-refractivity contribution in [2.75, 3.05) is 11.5 Å². The van der Waals surface area contributed by atoms with Gasteiger partial charge in [0.15, 0.2) is 0 Å². The Morgan fingerprint density at radius 2 is 0.711 bits per heavy atom. The number of hydrogen-bond acceptors (Lipinski definition) is 8. The van der Waals surface area contributed by atoms with Gasteiger partial charge in [-0.15, -0.1) is 23.5 Å². The van der Waals surface area contributed by atoms with Crippen LogP contribution in [0.4, 0.5) is 0 Å². The number of carbonyl (C=O) groups excluding carboxylic acids is 2. The maximum Gasteiger partial charge on any atom is 2.00 e. The minimum absolute atomic E-state index is 0. The van der Waals surface area contributed by atoms with E-state index in [1.807, 2.05) is 0 Å². The summed E-state index contributed by atoms with van der Waals surface area (Å²) in [7, 11) is 0. The molecule has 0 aliphatic carbocycles.